The van der Waals surface area contributed by atoms with Crippen molar-refractivity contribution in [1.82, 2.24) is 9.80 Å². The van der Waals surface area contributed by atoms with Crippen molar-refractivity contribution in [3.63, 3.8) is 0 Å². The second-order valence-corrected chi connectivity index (χ2v) is 10.2. The molecule has 3 amide bonds. The van der Waals surface area contributed by atoms with E-state index in [-0.39, 0.29) is 37.9 Å². The van der Waals surface area contributed by atoms with E-state index in [0.717, 1.165) is 10.5 Å². The fourth-order valence-corrected chi connectivity index (χ4v) is 5.86. The highest BCUT2D eigenvalue weighted by atomic mass is 32.2. The van der Waals surface area contributed by atoms with E-state index in [9.17, 15) is 22.8 Å². The van der Waals surface area contributed by atoms with Crippen molar-refractivity contribution < 1.29 is 27.5 Å². The number of ether oxygens (including phenoxy) is 1. The molecule has 1 aliphatic carbocycles. The maximum atomic E-state index is 13.2. The second kappa shape index (κ2) is 8.74. The van der Waals surface area contributed by atoms with Gasteiger partial charge in [-0.05, 0) is 35.4 Å². The van der Waals surface area contributed by atoms with Crippen LogP contribution in [-0.2, 0) is 32.4 Å². The number of amides is 3. The van der Waals surface area contributed by atoms with Gasteiger partial charge in [0.15, 0.2) is 0 Å². The fourth-order valence-electron chi connectivity index (χ4n) is 4.31. The van der Waals surface area contributed by atoms with E-state index in [1.165, 1.54) is 4.90 Å². The van der Waals surface area contributed by atoms with Crippen LogP contribution in [0.25, 0.3) is 0 Å². The molecule has 2 aromatic carbocycles. The number of hydrogen-bond acceptors (Lipinski definition) is 6. The van der Waals surface area contributed by atoms with Gasteiger partial charge in [0, 0.05) is 13.6 Å². The summed E-state index contributed by atoms with van der Waals surface area (Å²) in [4.78, 5) is 39.6. The Morgan fingerprint density at radius 3 is 2.44 bits per heavy atom. The Morgan fingerprint density at radius 2 is 1.75 bits per heavy atom. The predicted octanol–water partition coefficient (Wildman–Crippen LogP) is 2.94. The molecule has 1 heterocycles. The third-order valence-electron chi connectivity index (χ3n) is 5.94. The molecular weight excluding hydrogens is 432 g/mol. The zero-order valence-corrected chi connectivity index (χ0v) is 18.5. The maximum absolute atomic E-state index is 13.2. The van der Waals surface area contributed by atoms with Gasteiger partial charge in [-0.15, -0.1) is 0 Å². The average molecular weight is 457 g/mol. The molecule has 0 spiro atoms. The van der Waals surface area contributed by atoms with Crippen molar-refractivity contribution in [3.8, 4) is 0 Å². The summed E-state index contributed by atoms with van der Waals surface area (Å²) in [6, 6.07) is 15.5. The zero-order valence-electron chi connectivity index (χ0n) is 17.6. The van der Waals surface area contributed by atoms with Gasteiger partial charge in [-0.25, -0.2) is 18.0 Å². The summed E-state index contributed by atoms with van der Waals surface area (Å²) in [5.74, 6) is -0.593. The second-order valence-electron chi connectivity index (χ2n) is 8.21. The number of carbonyl (C=O) groups is 3. The number of urea groups is 1. The quantitative estimate of drug-likeness (QED) is 0.507. The molecule has 1 unspecified atom stereocenters. The lowest BCUT2D eigenvalue weighted by Crippen LogP contribution is -2.39. The number of rotatable bonds is 5. The van der Waals surface area contributed by atoms with Gasteiger partial charge in [0.2, 0.25) is 5.91 Å². The molecule has 0 bridgehead atoms. The molecule has 1 saturated heterocycles. The highest BCUT2D eigenvalue weighted by Gasteiger charge is 2.43. The van der Waals surface area contributed by atoms with Gasteiger partial charge in [0.05, 0.1) is 5.25 Å². The predicted molar refractivity (Wildman–Crippen MR) is 116 cm³/mol. The molecule has 0 aromatic heterocycles. The summed E-state index contributed by atoms with van der Waals surface area (Å²) in [6.07, 6.45) is 0.641. The molecule has 0 radical (unpaired) electrons. The normalized spacial score (nSPS) is 20.9. The van der Waals surface area contributed by atoms with Crippen molar-refractivity contribution in [2.75, 3.05) is 20.1 Å². The summed E-state index contributed by atoms with van der Waals surface area (Å²) in [5, 5.41) is -2.36. The van der Waals surface area contributed by atoms with Gasteiger partial charge in [-0.3, -0.25) is 9.69 Å². The lowest BCUT2D eigenvalue weighted by Gasteiger charge is -2.32. The molecule has 4 rings (SSSR count). The number of likely N-dealkylation sites (N-methyl/N-ethyl adjacent to an activating group) is 1. The Kier molecular flexibility index (Phi) is 6.01. The topological polar surface area (TPSA) is 101 Å². The molecule has 2 atom stereocenters. The lowest BCUT2D eigenvalue weighted by molar-refractivity contribution is -0.125. The van der Waals surface area contributed by atoms with Crippen LogP contribution in [0, 0.1) is 5.92 Å². The molecule has 9 heteroatoms. The molecule has 168 valence electrons. The van der Waals surface area contributed by atoms with Gasteiger partial charge >= 0.3 is 11.3 Å². The van der Waals surface area contributed by atoms with E-state index >= 15 is 0 Å². The number of benzene rings is 2. The molecule has 8 nitrogen and oxygen atoms in total. The number of imide groups is 1. The first-order valence-corrected chi connectivity index (χ1v) is 11.9. The minimum absolute atomic E-state index is 0.00960. The molecular formula is C23H24N2O6S. The zero-order chi connectivity index (χ0) is 22.9. The van der Waals surface area contributed by atoms with Crippen LogP contribution >= 0.6 is 0 Å². The van der Waals surface area contributed by atoms with Gasteiger partial charge in [-0.2, -0.15) is 0 Å². The molecule has 0 N–H and O–H groups in total. The van der Waals surface area contributed by atoms with Crippen LogP contribution in [0.4, 0.5) is 9.59 Å². The first kappa shape index (κ1) is 22.0. The van der Waals surface area contributed by atoms with Crippen molar-refractivity contribution in [1.29, 1.82) is 0 Å². The van der Waals surface area contributed by atoms with Crippen LogP contribution < -0.4 is 0 Å². The number of carbonyl (C=O) groups excluding carboxylic acids is 3. The van der Waals surface area contributed by atoms with Crippen LogP contribution in [0.15, 0.2) is 54.6 Å². The number of fused-ring (bicyclic) bond motifs is 1. The van der Waals surface area contributed by atoms with Crippen LogP contribution in [0.2, 0.25) is 0 Å². The Hall–Kier alpha value is -3.20. The highest BCUT2D eigenvalue weighted by molar-refractivity contribution is 8.05. The lowest BCUT2D eigenvalue weighted by atomic mass is 9.83. The van der Waals surface area contributed by atoms with Gasteiger partial charge in [0.25, 0.3) is 9.84 Å². The first-order valence-electron chi connectivity index (χ1n) is 10.3. The van der Waals surface area contributed by atoms with E-state index in [2.05, 4.69) is 0 Å². The minimum atomic E-state index is -4.31. The first-order chi connectivity index (χ1) is 15.3. The van der Waals surface area contributed by atoms with Crippen molar-refractivity contribution in [2.45, 2.75) is 24.7 Å². The van der Waals surface area contributed by atoms with E-state index in [1.54, 1.807) is 49.5 Å². The Balaban J connectivity index is 1.55. The Morgan fingerprint density at radius 1 is 1.06 bits per heavy atom. The van der Waals surface area contributed by atoms with Gasteiger partial charge in [0.1, 0.15) is 13.2 Å². The van der Waals surface area contributed by atoms with Gasteiger partial charge < -0.3 is 9.64 Å². The van der Waals surface area contributed by atoms with Crippen molar-refractivity contribution in [3.05, 3.63) is 71.3 Å². The van der Waals surface area contributed by atoms with E-state index < -0.39 is 26.4 Å². The Labute approximate surface area is 186 Å². The van der Waals surface area contributed by atoms with Gasteiger partial charge in [-0.1, -0.05) is 54.6 Å². The maximum Gasteiger partial charge on any atom is 0.425 e. The van der Waals surface area contributed by atoms with E-state index in [4.69, 9.17) is 4.74 Å². The number of hydrogen-bond donors (Lipinski definition) is 0. The smallest absolute Gasteiger partial charge is 0.425 e. The monoisotopic (exact) mass is 456 g/mol. The third kappa shape index (κ3) is 4.25. The van der Waals surface area contributed by atoms with Crippen LogP contribution in [-0.4, -0.2) is 55.6 Å². The van der Waals surface area contributed by atoms with Crippen molar-refractivity contribution >= 4 is 27.1 Å². The summed E-state index contributed by atoms with van der Waals surface area (Å²) < 4.78 is 31.5. The summed E-state index contributed by atoms with van der Waals surface area (Å²) >= 11 is 0. The molecule has 32 heavy (non-hydrogen) atoms. The van der Waals surface area contributed by atoms with Crippen molar-refractivity contribution in [2.24, 2.45) is 5.92 Å². The fraction of sp³-hybridized carbons (Fsp3) is 0.348. The van der Waals surface area contributed by atoms with Crippen LogP contribution in [0.1, 0.15) is 28.4 Å². The largest absolute Gasteiger partial charge is 0.449 e. The number of nitrogens with zero attached hydrogens (tertiary/aromatic N) is 2. The molecule has 2 aromatic rings. The van der Waals surface area contributed by atoms with E-state index in [0.29, 0.717) is 17.5 Å². The minimum Gasteiger partial charge on any atom is -0.449 e. The SMILES string of the molecule is CN1CC(=O)N(C[C@@H]2Cc3ccccc3C(S(=O)(=O)C(=O)OCc3ccccc3)C2)C1=O. The molecule has 1 fully saturated rings. The van der Waals surface area contributed by atoms with Crippen LogP contribution in [0.5, 0.6) is 0 Å². The summed E-state index contributed by atoms with van der Waals surface area (Å²) in [6.45, 7) is -0.0169. The average Bonchev–Trinajstić information content (AvgIpc) is 3.03. The third-order valence-corrected chi connectivity index (χ3v) is 7.71. The molecule has 2 aliphatic rings. The summed E-state index contributed by atoms with van der Waals surface area (Å²) in [5.41, 5.74) is 2.05. The summed E-state index contributed by atoms with van der Waals surface area (Å²) in [7, 11) is -2.76. The van der Waals surface area contributed by atoms with Crippen LogP contribution in [0.3, 0.4) is 0 Å². The molecule has 0 saturated carbocycles. The number of sulfone groups is 1. The highest BCUT2D eigenvalue weighted by Crippen LogP contribution is 2.40. The van der Waals surface area contributed by atoms with E-state index in [1.807, 2.05) is 12.1 Å². The Bertz CT molecular complexity index is 1150. The molecule has 1 aliphatic heterocycles. The standard InChI is InChI=1S/C23H24N2O6S/c1-24-14-21(26)25(22(24)27)13-17-11-18-9-5-6-10-19(18)20(12-17)32(29,30)23(28)31-15-16-7-3-2-4-8-16/h2-10,17,20H,11-15H2,1H3/t17-,20?/m1/s1.